The fourth-order valence-corrected chi connectivity index (χ4v) is 5.64. The van der Waals surface area contributed by atoms with Crippen LogP contribution in [0.25, 0.3) is 0 Å². The number of pyridine rings is 1. The fourth-order valence-electron chi connectivity index (χ4n) is 5.64. The van der Waals surface area contributed by atoms with E-state index in [9.17, 15) is 9.90 Å². The van der Waals surface area contributed by atoms with Gasteiger partial charge < -0.3 is 26.0 Å². The van der Waals surface area contributed by atoms with Crippen LogP contribution in [0.3, 0.4) is 0 Å². The first kappa shape index (κ1) is 37.2. The maximum absolute atomic E-state index is 11.3. The van der Waals surface area contributed by atoms with Crippen molar-refractivity contribution in [3.8, 4) is 11.5 Å². The zero-order valence-electron chi connectivity index (χ0n) is 27.9. The molecule has 0 bridgehead atoms. The number of nitrogens with zero attached hydrogens (tertiary/aromatic N) is 1. The number of carbonyl (C=O) groups is 1. The smallest absolute Gasteiger partial charge is 0.335 e. The van der Waals surface area contributed by atoms with Crippen LogP contribution in [0, 0.1) is 41.5 Å². The Bertz CT molecular complexity index is 1520. The molecule has 1 aromatic heterocycles. The number of phenolic OH excluding ortho intramolecular Hbond substituents is 1. The van der Waals surface area contributed by atoms with Gasteiger partial charge in [-0.2, -0.15) is 0 Å². The van der Waals surface area contributed by atoms with E-state index in [4.69, 9.17) is 15.2 Å². The third-order valence-electron chi connectivity index (χ3n) is 7.76. The summed E-state index contributed by atoms with van der Waals surface area (Å²) in [6, 6.07) is 18.2. The minimum atomic E-state index is -1.30. The van der Waals surface area contributed by atoms with Crippen molar-refractivity contribution in [1.82, 2.24) is 4.98 Å². The third kappa shape index (κ3) is 9.25. The quantitative estimate of drug-likeness (QED) is 0.150. The molecule has 2 unspecified atom stereocenters. The predicted molar refractivity (Wildman–Crippen MR) is 178 cm³/mol. The van der Waals surface area contributed by atoms with Crippen LogP contribution in [0.4, 0.5) is 11.4 Å². The van der Waals surface area contributed by atoms with Gasteiger partial charge in [-0.15, -0.1) is 0 Å². The van der Waals surface area contributed by atoms with Crippen LogP contribution in [0.15, 0.2) is 54.6 Å². The number of aromatic nitrogens is 1. The van der Waals surface area contributed by atoms with Crippen LogP contribution < -0.4 is 15.7 Å². The van der Waals surface area contributed by atoms with Gasteiger partial charge in [0.1, 0.15) is 5.75 Å². The van der Waals surface area contributed by atoms with E-state index in [1.807, 2.05) is 0 Å². The van der Waals surface area contributed by atoms with E-state index in [0.717, 1.165) is 11.4 Å². The number of rotatable bonds is 8. The van der Waals surface area contributed by atoms with E-state index in [1.165, 1.54) is 56.9 Å². The van der Waals surface area contributed by atoms with Crippen LogP contribution >= 0.6 is 0 Å². The van der Waals surface area contributed by atoms with Gasteiger partial charge in [0.25, 0.3) is 0 Å². The summed E-state index contributed by atoms with van der Waals surface area (Å²) in [5.74, 6) is -2.69. The molecule has 4 aromatic rings. The molecule has 8 heteroatoms. The number of carboxylic acid groups (broad SMARTS) is 1. The number of anilines is 2. The Labute approximate surface area is 278 Å². The molecule has 0 spiro atoms. The summed E-state index contributed by atoms with van der Waals surface area (Å²) < 4.78 is 0. The van der Waals surface area contributed by atoms with Crippen molar-refractivity contribution < 1.29 is 36.9 Å². The van der Waals surface area contributed by atoms with Gasteiger partial charge in [0.2, 0.25) is 0 Å². The molecule has 0 aliphatic heterocycles. The first-order chi connectivity index (χ1) is 20.6. The molecular formula is C37H46CoN3O4-. The van der Waals surface area contributed by atoms with E-state index in [1.54, 1.807) is 13.8 Å². The van der Waals surface area contributed by atoms with Crippen LogP contribution in [0.1, 0.15) is 106 Å². The van der Waals surface area contributed by atoms with Crippen molar-refractivity contribution in [3.63, 3.8) is 0 Å². The monoisotopic (exact) mass is 655 g/mol. The second-order valence-electron chi connectivity index (χ2n) is 12.1. The Morgan fingerprint density at radius 2 is 1.13 bits per heavy atom. The fraction of sp³-hybridized carbons (Fsp3) is 0.351. The number of hydrogen-bond donors (Lipinski definition) is 4. The summed E-state index contributed by atoms with van der Waals surface area (Å²) in [5.41, 5.74) is 12.3. The van der Waals surface area contributed by atoms with E-state index < -0.39 is 17.5 Å². The van der Waals surface area contributed by atoms with E-state index in [-0.39, 0.29) is 40.3 Å². The number of nitrogens with one attached hydrogen (secondary N) is 2. The molecule has 0 saturated heterocycles. The van der Waals surface area contributed by atoms with Crippen molar-refractivity contribution in [1.29, 1.82) is 0 Å². The maximum Gasteiger partial charge on any atom is 0.335 e. The normalized spacial score (nSPS) is 12.0. The number of aryl methyl sites for hydroxylation is 6. The summed E-state index contributed by atoms with van der Waals surface area (Å²) >= 11 is 0. The number of phenols is 1. The number of aromatic carboxylic acids is 1. The summed E-state index contributed by atoms with van der Waals surface area (Å²) in [4.78, 5) is 15.8. The minimum absolute atomic E-state index is 0. The largest absolute Gasteiger partial charge is 0.869 e. The van der Waals surface area contributed by atoms with E-state index in [2.05, 4.69) is 108 Å². The van der Waals surface area contributed by atoms with Gasteiger partial charge in [0.05, 0.1) is 29.0 Å². The topological polar surface area (TPSA) is 118 Å². The maximum atomic E-state index is 11.3. The summed E-state index contributed by atoms with van der Waals surface area (Å²) in [7, 11) is 0. The Hall–Kier alpha value is -4.01. The standard InChI is InChI=1S/C27H35N3.C10H12O4.Co/c1-16-12-18(3)26(19(4)13-16)28-22(7)24-10-9-11-25(30-24)23(8)29-27-20(5)14-17(2)15-21(27)6;1-5(2)6-3-4-7(11)9(12)8(6)10(13)14;/h9-15,22-23,28-29H,1-8H3;3-5,11-12H,1-2H3,(H,13,14);/p-1. The van der Waals surface area contributed by atoms with Gasteiger partial charge in [0, 0.05) is 28.2 Å². The minimum Gasteiger partial charge on any atom is -0.869 e. The van der Waals surface area contributed by atoms with Gasteiger partial charge >= 0.3 is 5.97 Å². The summed E-state index contributed by atoms with van der Waals surface area (Å²) in [5, 5.41) is 36.6. The Morgan fingerprint density at radius 3 is 1.49 bits per heavy atom. The van der Waals surface area contributed by atoms with Gasteiger partial charge in [-0.3, -0.25) is 4.98 Å². The number of carboxylic acids is 1. The Kier molecular flexibility index (Phi) is 13.1. The molecule has 4 rings (SSSR count). The number of aromatic hydroxyl groups is 1. The first-order valence-electron chi connectivity index (χ1n) is 15.0. The Balaban J connectivity index is 0.000000396. The molecule has 0 fully saturated rings. The molecule has 4 N–H and O–H groups in total. The molecule has 1 radical (unpaired) electrons. The SMILES string of the molecule is CC(C)c1ccc(O)c([O-])c1C(=O)O.Cc1cc(C)c(NC(C)c2cccc(C(C)Nc3c(C)cc(C)cc3C)n2)c(C)c1.[Co]. The van der Waals surface area contributed by atoms with Crippen molar-refractivity contribution in [2.45, 2.75) is 87.2 Å². The molecule has 1 heterocycles. The Morgan fingerprint density at radius 1 is 0.733 bits per heavy atom. The van der Waals surface area contributed by atoms with Crippen LogP contribution in [-0.2, 0) is 16.8 Å². The molecule has 7 nitrogen and oxygen atoms in total. The molecule has 0 saturated carbocycles. The zero-order valence-corrected chi connectivity index (χ0v) is 29.0. The molecule has 0 amide bonds. The number of benzene rings is 3. The second-order valence-corrected chi connectivity index (χ2v) is 12.1. The van der Waals surface area contributed by atoms with Gasteiger partial charge in [-0.1, -0.05) is 67.1 Å². The van der Waals surface area contributed by atoms with Crippen LogP contribution in [-0.4, -0.2) is 21.2 Å². The molecule has 243 valence electrons. The molecule has 45 heavy (non-hydrogen) atoms. The summed E-state index contributed by atoms with van der Waals surface area (Å²) in [6.45, 7) is 20.9. The summed E-state index contributed by atoms with van der Waals surface area (Å²) in [6.07, 6.45) is 0. The molecule has 0 aliphatic rings. The molecule has 2 atom stereocenters. The third-order valence-corrected chi connectivity index (χ3v) is 7.76. The van der Waals surface area contributed by atoms with Crippen molar-refractivity contribution in [3.05, 3.63) is 110 Å². The van der Waals surface area contributed by atoms with Gasteiger partial charge in [0.15, 0.2) is 0 Å². The van der Waals surface area contributed by atoms with Crippen molar-refractivity contribution >= 4 is 17.3 Å². The predicted octanol–water partition coefficient (Wildman–Crippen LogP) is 8.56. The average molecular weight is 656 g/mol. The number of hydrogen-bond acceptors (Lipinski definition) is 6. The van der Waals surface area contributed by atoms with E-state index >= 15 is 0 Å². The second kappa shape index (κ2) is 15.8. The first-order valence-corrected chi connectivity index (χ1v) is 15.0. The molecule has 3 aromatic carbocycles. The van der Waals surface area contributed by atoms with E-state index in [0.29, 0.717) is 5.56 Å². The average Bonchev–Trinajstić information content (AvgIpc) is 2.93. The van der Waals surface area contributed by atoms with Crippen LogP contribution in [0.2, 0.25) is 0 Å². The molecular weight excluding hydrogens is 609 g/mol. The molecule has 0 aliphatic carbocycles. The zero-order chi connectivity index (χ0) is 32.9. The van der Waals surface area contributed by atoms with Crippen molar-refractivity contribution in [2.75, 3.05) is 10.6 Å². The van der Waals surface area contributed by atoms with Gasteiger partial charge in [-0.05, 0) is 107 Å². The van der Waals surface area contributed by atoms with Crippen LogP contribution in [0.5, 0.6) is 11.5 Å². The van der Waals surface area contributed by atoms with Crippen molar-refractivity contribution in [2.24, 2.45) is 0 Å². The van der Waals surface area contributed by atoms with Gasteiger partial charge in [-0.25, -0.2) is 4.79 Å².